The number of aromatic nitrogens is 2. The van der Waals surface area contributed by atoms with Crippen LogP contribution in [0.2, 0.25) is 0 Å². The first-order valence-electron chi connectivity index (χ1n) is 8.99. The minimum Gasteiger partial charge on any atom is -0.386 e. The molecule has 128 valence electrons. The zero-order valence-electron chi connectivity index (χ0n) is 14.4. The average molecular weight is 327 g/mol. The lowest BCUT2D eigenvalue weighted by molar-refractivity contribution is -0.122. The van der Waals surface area contributed by atoms with E-state index in [-0.39, 0.29) is 11.8 Å². The zero-order valence-corrected chi connectivity index (χ0v) is 14.4. The van der Waals surface area contributed by atoms with E-state index in [1.807, 2.05) is 18.2 Å². The molecule has 1 aromatic heterocycles. The number of aliphatic hydroxyl groups is 1. The molecule has 5 heteroatoms. The Morgan fingerprint density at radius 2 is 1.96 bits per heavy atom. The first kappa shape index (κ1) is 15.6. The van der Waals surface area contributed by atoms with Crippen molar-refractivity contribution in [1.29, 1.82) is 0 Å². The van der Waals surface area contributed by atoms with Crippen molar-refractivity contribution >= 4 is 22.9 Å². The Kier molecular flexibility index (Phi) is 3.64. The Morgan fingerprint density at radius 1 is 1.25 bits per heavy atom. The lowest BCUT2D eigenvalue weighted by Gasteiger charge is -2.30. The van der Waals surface area contributed by atoms with Crippen LogP contribution >= 0.6 is 0 Å². The molecule has 5 nitrogen and oxygen atoms in total. The number of fused-ring (bicyclic) bond motifs is 1. The SMILES string of the molecule is CC(C)(O)c1ccc2nc(NC(=O)C3CCC3)n(C3CCC3)c2c1. The predicted octanol–water partition coefficient (Wildman–Crippen LogP) is 3.73. The molecule has 2 fully saturated rings. The van der Waals surface area contributed by atoms with Crippen LogP contribution in [0.5, 0.6) is 0 Å². The summed E-state index contributed by atoms with van der Waals surface area (Å²) in [6.07, 6.45) is 6.56. The van der Waals surface area contributed by atoms with Crippen molar-refractivity contribution in [3.63, 3.8) is 0 Å². The van der Waals surface area contributed by atoms with Crippen molar-refractivity contribution in [2.75, 3.05) is 5.32 Å². The van der Waals surface area contributed by atoms with Gasteiger partial charge in [0.15, 0.2) is 0 Å². The molecule has 24 heavy (non-hydrogen) atoms. The molecular weight excluding hydrogens is 302 g/mol. The number of hydrogen-bond donors (Lipinski definition) is 2. The van der Waals surface area contributed by atoms with Crippen molar-refractivity contribution in [2.45, 2.75) is 64.0 Å². The van der Waals surface area contributed by atoms with E-state index in [4.69, 9.17) is 0 Å². The van der Waals surface area contributed by atoms with Gasteiger partial charge in [-0.05, 0) is 63.6 Å². The maximum absolute atomic E-state index is 12.4. The number of anilines is 1. The molecule has 1 heterocycles. The van der Waals surface area contributed by atoms with Gasteiger partial charge < -0.3 is 9.67 Å². The molecule has 0 spiro atoms. The fourth-order valence-electron chi connectivity index (χ4n) is 3.46. The average Bonchev–Trinajstić information content (AvgIpc) is 2.71. The Bertz CT molecular complexity index is 780. The molecule has 1 amide bonds. The lowest BCUT2D eigenvalue weighted by Crippen LogP contribution is -2.30. The quantitative estimate of drug-likeness (QED) is 0.899. The molecule has 0 bridgehead atoms. The van der Waals surface area contributed by atoms with Gasteiger partial charge in [-0.3, -0.25) is 10.1 Å². The van der Waals surface area contributed by atoms with Crippen LogP contribution in [0.3, 0.4) is 0 Å². The number of nitrogens with one attached hydrogen (secondary N) is 1. The van der Waals surface area contributed by atoms with Crippen LogP contribution in [0.4, 0.5) is 5.95 Å². The van der Waals surface area contributed by atoms with E-state index in [2.05, 4.69) is 14.9 Å². The number of rotatable bonds is 4. The first-order chi connectivity index (χ1) is 11.4. The maximum atomic E-state index is 12.4. The fraction of sp³-hybridized carbons (Fsp3) is 0.579. The monoisotopic (exact) mass is 327 g/mol. The van der Waals surface area contributed by atoms with Crippen LogP contribution < -0.4 is 5.32 Å². The highest BCUT2D eigenvalue weighted by molar-refractivity contribution is 5.93. The molecule has 0 unspecified atom stereocenters. The van der Waals surface area contributed by atoms with Crippen molar-refractivity contribution < 1.29 is 9.90 Å². The minimum absolute atomic E-state index is 0.0971. The van der Waals surface area contributed by atoms with E-state index in [0.29, 0.717) is 12.0 Å². The second-order valence-corrected chi connectivity index (χ2v) is 7.77. The highest BCUT2D eigenvalue weighted by atomic mass is 16.3. The second kappa shape index (κ2) is 5.59. The molecule has 2 aliphatic carbocycles. The standard InChI is InChI=1S/C19H25N3O2/c1-19(2,24)13-9-10-15-16(11-13)22(14-7-4-8-14)18(20-15)21-17(23)12-5-3-6-12/h9-12,14,24H,3-8H2,1-2H3,(H,20,21,23). The van der Waals surface area contributed by atoms with Gasteiger partial charge in [-0.1, -0.05) is 12.5 Å². The van der Waals surface area contributed by atoms with E-state index >= 15 is 0 Å². The van der Waals surface area contributed by atoms with Gasteiger partial charge in [0.25, 0.3) is 0 Å². The molecule has 1 aromatic carbocycles. The predicted molar refractivity (Wildman–Crippen MR) is 93.8 cm³/mol. The summed E-state index contributed by atoms with van der Waals surface area (Å²) < 4.78 is 2.17. The molecular formula is C19H25N3O2. The molecule has 0 atom stereocenters. The number of amides is 1. The van der Waals surface area contributed by atoms with E-state index in [9.17, 15) is 9.90 Å². The van der Waals surface area contributed by atoms with Gasteiger partial charge in [-0.25, -0.2) is 4.98 Å². The van der Waals surface area contributed by atoms with Gasteiger partial charge >= 0.3 is 0 Å². The third-order valence-corrected chi connectivity index (χ3v) is 5.55. The topological polar surface area (TPSA) is 67.2 Å². The van der Waals surface area contributed by atoms with Gasteiger partial charge in [0.05, 0.1) is 16.6 Å². The largest absolute Gasteiger partial charge is 0.386 e. The van der Waals surface area contributed by atoms with Crippen LogP contribution in [0.15, 0.2) is 18.2 Å². The minimum atomic E-state index is -0.891. The van der Waals surface area contributed by atoms with Crippen molar-refractivity contribution in [3.05, 3.63) is 23.8 Å². The van der Waals surface area contributed by atoms with Crippen LogP contribution in [0, 0.1) is 5.92 Å². The zero-order chi connectivity index (χ0) is 16.9. The third-order valence-electron chi connectivity index (χ3n) is 5.55. The van der Waals surface area contributed by atoms with Crippen LogP contribution in [-0.4, -0.2) is 20.6 Å². The van der Waals surface area contributed by atoms with Crippen molar-refractivity contribution in [3.8, 4) is 0 Å². The summed E-state index contributed by atoms with van der Waals surface area (Å²) in [7, 11) is 0. The second-order valence-electron chi connectivity index (χ2n) is 7.77. The van der Waals surface area contributed by atoms with E-state index in [0.717, 1.165) is 48.7 Å². The molecule has 4 rings (SSSR count). The number of benzene rings is 1. The molecule has 0 saturated heterocycles. The van der Waals surface area contributed by atoms with Gasteiger partial charge in [0.2, 0.25) is 11.9 Å². The summed E-state index contributed by atoms with van der Waals surface area (Å²) >= 11 is 0. The van der Waals surface area contributed by atoms with Gasteiger partial charge in [-0.15, -0.1) is 0 Å². The number of nitrogens with zero attached hydrogens (tertiary/aromatic N) is 2. The number of hydrogen-bond acceptors (Lipinski definition) is 3. The summed E-state index contributed by atoms with van der Waals surface area (Å²) in [6.45, 7) is 3.58. The Balaban J connectivity index is 1.76. The molecule has 2 saturated carbocycles. The summed E-state index contributed by atoms with van der Waals surface area (Å²) in [5.74, 6) is 0.908. The molecule has 2 aliphatic rings. The summed E-state index contributed by atoms with van der Waals surface area (Å²) in [6, 6.07) is 6.26. The Morgan fingerprint density at radius 3 is 2.50 bits per heavy atom. The summed E-state index contributed by atoms with van der Waals surface area (Å²) in [4.78, 5) is 17.0. The number of imidazole rings is 1. The fourth-order valence-corrected chi connectivity index (χ4v) is 3.46. The molecule has 0 radical (unpaired) electrons. The molecule has 2 aromatic rings. The van der Waals surface area contributed by atoms with Crippen LogP contribution in [-0.2, 0) is 10.4 Å². The van der Waals surface area contributed by atoms with Crippen molar-refractivity contribution in [2.24, 2.45) is 5.92 Å². The van der Waals surface area contributed by atoms with Gasteiger partial charge in [0.1, 0.15) is 0 Å². The highest BCUT2D eigenvalue weighted by Gasteiger charge is 2.30. The summed E-state index contributed by atoms with van der Waals surface area (Å²) in [5.41, 5.74) is 1.85. The van der Waals surface area contributed by atoms with Crippen LogP contribution in [0.1, 0.15) is 64.0 Å². The highest BCUT2D eigenvalue weighted by Crippen LogP contribution is 2.38. The smallest absolute Gasteiger partial charge is 0.229 e. The summed E-state index contributed by atoms with van der Waals surface area (Å²) in [5, 5.41) is 13.4. The van der Waals surface area contributed by atoms with Gasteiger partial charge in [-0.2, -0.15) is 0 Å². The molecule has 2 N–H and O–H groups in total. The third kappa shape index (κ3) is 2.61. The number of carbonyl (C=O) groups is 1. The Hall–Kier alpha value is -1.88. The Labute approximate surface area is 142 Å². The number of carbonyl (C=O) groups excluding carboxylic acids is 1. The van der Waals surface area contributed by atoms with Gasteiger partial charge in [0, 0.05) is 12.0 Å². The van der Waals surface area contributed by atoms with Crippen molar-refractivity contribution in [1.82, 2.24) is 9.55 Å². The molecule has 0 aliphatic heterocycles. The maximum Gasteiger partial charge on any atom is 0.229 e. The normalized spacial score (nSPS) is 19.1. The first-order valence-corrected chi connectivity index (χ1v) is 8.99. The van der Waals surface area contributed by atoms with E-state index in [1.54, 1.807) is 13.8 Å². The van der Waals surface area contributed by atoms with E-state index < -0.39 is 5.60 Å². The van der Waals surface area contributed by atoms with E-state index in [1.165, 1.54) is 6.42 Å². The lowest BCUT2D eigenvalue weighted by atomic mass is 9.85. The van der Waals surface area contributed by atoms with Crippen LogP contribution in [0.25, 0.3) is 11.0 Å².